The van der Waals surface area contributed by atoms with E-state index in [9.17, 15) is 0 Å². The zero-order valence-corrected chi connectivity index (χ0v) is 10.1. The fourth-order valence-corrected chi connectivity index (χ4v) is 2.02. The average molecular weight is 220 g/mol. The van der Waals surface area contributed by atoms with Gasteiger partial charge in [-0.3, -0.25) is 0 Å². The molecule has 0 aliphatic heterocycles. The van der Waals surface area contributed by atoms with Gasteiger partial charge in [-0.1, -0.05) is 73.3 Å². The Kier molecular flexibility index (Phi) is 3.56. The highest BCUT2D eigenvalue weighted by molar-refractivity contribution is 5.96. The lowest BCUT2D eigenvalue weighted by atomic mass is 9.97. The molecule has 0 fully saturated rings. The SMILES string of the molecule is C=C/C=C(\C=C/C)c1cccc2ccccc12. The largest absolute Gasteiger partial charge is 0.0990 e. The summed E-state index contributed by atoms with van der Waals surface area (Å²) in [5.41, 5.74) is 2.44. The fraction of sp³-hybridized carbons (Fsp3) is 0.0588. The number of benzene rings is 2. The van der Waals surface area contributed by atoms with Crippen LogP contribution in [0.5, 0.6) is 0 Å². The van der Waals surface area contributed by atoms with Crippen molar-refractivity contribution in [3.05, 3.63) is 78.9 Å². The lowest BCUT2D eigenvalue weighted by Gasteiger charge is -2.07. The molecule has 0 spiro atoms. The Bertz CT molecular complexity index is 581. The van der Waals surface area contributed by atoms with Crippen LogP contribution in [0.25, 0.3) is 16.3 Å². The first-order valence-electron chi connectivity index (χ1n) is 5.80. The quantitative estimate of drug-likeness (QED) is 0.639. The van der Waals surface area contributed by atoms with Crippen molar-refractivity contribution in [3.8, 4) is 0 Å². The van der Waals surface area contributed by atoms with Gasteiger partial charge >= 0.3 is 0 Å². The first kappa shape index (κ1) is 11.4. The highest BCUT2D eigenvalue weighted by atomic mass is 14.1. The molecule has 0 saturated heterocycles. The third-order valence-corrected chi connectivity index (χ3v) is 2.74. The predicted molar refractivity (Wildman–Crippen MR) is 76.9 cm³/mol. The van der Waals surface area contributed by atoms with E-state index >= 15 is 0 Å². The van der Waals surface area contributed by atoms with Crippen molar-refractivity contribution in [1.29, 1.82) is 0 Å². The Morgan fingerprint density at radius 3 is 2.59 bits per heavy atom. The Hall–Kier alpha value is -2.08. The van der Waals surface area contributed by atoms with Gasteiger partial charge in [0.25, 0.3) is 0 Å². The van der Waals surface area contributed by atoms with Crippen LogP contribution < -0.4 is 0 Å². The highest BCUT2D eigenvalue weighted by Crippen LogP contribution is 2.25. The molecule has 0 nitrogen and oxygen atoms in total. The monoisotopic (exact) mass is 220 g/mol. The van der Waals surface area contributed by atoms with Gasteiger partial charge in [0.2, 0.25) is 0 Å². The summed E-state index contributed by atoms with van der Waals surface area (Å²) in [6.45, 7) is 5.81. The van der Waals surface area contributed by atoms with Gasteiger partial charge in [-0.05, 0) is 28.8 Å². The molecular formula is C17H16. The average Bonchev–Trinajstić information content (AvgIpc) is 2.38. The van der Waals surface area contributed by atoms with Crippen LogP contribution in [0.3, 0.4) is 0 Å². The summed E-state index contributed by atoms with van der Waals surface area (Å²) in [5, 5.41) is 2.55. The summed E-state index contributed by atoms with van der Waals surface area (Å²) < 4.78 is 0. The lowest BCUT2D eigenvalue weighted by molar-refractivity contribution is 1.65. The predicted octanol–water partition coefficient (Wildman–Crippen LogP) is 4.99. The first-order chi connectivity index (χ1) is 8.36. The summed E-state index contributed by atoms with van der Waals surface area (Å²) in [4.78, 5) is 0. The molecule has 0 amide bonds. The fourth-order valence-electron chi connectivity index (χ4n) is 2.02. The molecule has 0 saturated carbocycles. The van der Waals surface area contributed by atoms with E-state index in [2.05, 4.69) is 61.2 Å². The lowest BCUT2D eigenvalue weighted by Crippen LogP contribution is -1.83. The van der Waals surface area contributed by atoms with Crippen molar-refractivity contribution in [2.24, 2.45) is 0 Å². The molecule has 17 heavy (non-hydrogen) atoms. The molecule has 2 aromatic rings. The van der Waals surface area contributed by atoms with Gasteiger partial charge in [-0.25, -0.2) is 0 Å². The molecule has 0 bridgehead atoms. The molecule has 0 heteroatoms. The molecule has 2 aromatic carbocycles. The van der Waals surface area contributed by atoms with Gasteiger partial charge in [0, 0.05) is 0 Å². The molecule has 2 rings (SSSR count). The van der Waals surface area contributed by atoms with Crippen LogP contribution in [0, 0.1) is 0 Å². The van der Waals surface area contributed by atoms with Crippen molar-refractivity contribution < 1.29 is 0 Å². The van der Waals surface area contributed by atoms with Crippen molar-refractivity contribution in [3.63, 3.8) is 0 Å². The summed E-state index contributed by atoms with van der Waals surface area (Å²) in [6.07, 6.45) is 8.04. The van der Waals surface area contributed by atoms with Crippen LogP contribution in [0.15, 0.2) is 73.3 Å². The van der Waals surface area contributed by atoms with Gasteiger partial charge in [0.1, 0.15) is 0 Å². The maximum Gasteiger partial charge on any atom is -0.0105 e. The maximum absolute atomic E-state index is 3.78. The number of allylic oxidation sites excluding steroid dienone is 5. The second-order valence-corrected chi connectivity index (χ2v) is 3.88. The van der Waals surface area contributed by atoms with E-state index in [0.29, 0.717) is 0 Å². The minimum atomic E-state index is 1.19. The van der Waals surface area contributed by atoms with Crippen LogP contribution in [0.1, 0.15) is 12.5 Å². The summed E-state index contributed by atoms with van der Waals surface area (Å²) in [7, 11) is 0. The number of fused-ring (bicyclic) bond motifs is 1. The first-order valence-corrected chi connectivity index (χ1v) is 5.80. The Balaban J connectivity index is 2.69. The van der Waals surface area contributed by atoms with Gasteiger partial charge in [-0.2, -0.15) is 0 Å². The van der Waals surface area contributed by atoms with Crippen molar-refractivity contribution in [2.45, 2.75) is 6.92 Å². The molecule has 0 aliphatic rings. The molecule has 0 aromatic heterocycles. The van der Waals surface area contributed by atoms with Crippen molar-refractivity contribution in [1.82, 2.24) is 0 Å². The van der Waals surface area contributed by atoms with Gasteiger partial charge in [-0.15, -0.1) is 0 Å². The van der Waals surface area contributed by atoms with E-state index in [1.165, 1.54) is 21.9 Å². The molecule has 84 valence electrons. The molecule has 0 N–H and O–H groups in total. The van der Waals surface area contributed by atoms with E-state index in [-0.39, 0.29) is 0 Å². The molecular weight excluding hydrogens is 204 g/mol. The molecule has 0 unspecified atom stereocenters. The third-order valence-electron chi connectivity index (χ3n) is 2.74. The van der Waals surface area contributed by atoms with Gasteiger partial charge in [0.15, 0.2) is 0 Å². The maximum atomic E-state index is 3.78. The van der Waals surface area contributed by atoms with E-state index in [4.69, 9.17) is 0 Å². The summed E-state index contributed by atoms with van der Waals surface area (Å²) >= 11 is 0. The second kappa shape index (κ2) is 5.31. The number of rotatable bonds is 3. The molecule has 0 aliphatic carbocycles. The van der Waals surface area contributed by atoms with Crippen LogP contribution in [-0.4, -0.2) is 0 Å². The van der Waals surface area contributed by atoms with Crippen LogP contribution in [0.4, 0.5) is 0 Å². The zero-order valence-electron chi connectivity index (χ0n) is 10.1. The normalized spacial score (nSPS) is 12.2. The third kappa shape index (κ3) is 2.36. The van der Waals surface area contributed by atoms with Crippen LogP contribution in [0.2, 0.25) is 0 Å². The molecule has 0 atom stereocenters. The van der Waals surface area contributed by atoms with Crippen molar-refractivity contribution >= 4 is 16.3 Å². The summed E-state index contributed by atoms with van der Waals surface area (Å²) in [6, 6.07) is 14.8. The Labute approximate surface area is 103 Å². The molecule has 0 radical (unpaired) electrons. The minimum absolute atomic E-state index is 1.19. The van der Waals surface area contributed by atoms with E-state index in [1.54, 1.807) is 0 Å². The highest BCUT2D eigenvalue weighted by Gasteiger charge is 2.02. The summed E-state index contributed by atoms with van der Waals surface area (Å²) in [5.74, 6) is 0. The zero-order chi connectivity index (χ0) is 12.1. The number of hydrogen-bond acceptors (Lipinski definition) is 0. The molecule has 0 heterocycles. The van der Waals surface area contributed by atoms with Crippen molar-refractivity contribution in [2.75, 3.05) is 0 Å². The van der Waals surface area contributed by atoms with Gasteiger partial charge in [0.05, 0.1) is 0 Å². The van der Waals surface area contributed by atoms with Crippen LogP contribution in [-0.2, 0) is 0 Å². The topological polar surface area (TPSA) is 0 Å². The van der Waals surface area contributed by atoms with E-state index in [1.807, 2.05) is 19.1 Å². The van der Waals surface area contributed by atoms with E-state index < -0.39 is 0 Å². The van der Waals surface area contributed by atoms with Crippen LogP contribution >= 0.6 is 0 Å². The Morgan fingerprint density at radius 1 is 1.06 bits per heavy atom. The minimum Gasteiger partial charge on any atom is -0.0990 e. The van der Waals surface area contributed by atoms with E-state index in [0.717, 1.165) is 0 Å². The smallest absolute Gasteiger partial charge is 0.0105 e. The van der Waals surface area contributed by atoms with Gasteiger partial charge < -0.3 is 0 Å². The number of hydrogen-bond donors (Lipinski definition) is 0. The second-order valence-electron chi connectivity index (χ2n) is 3.88. The Morgan fingerprint density at radius 2 is 1.82 bits per heavy atom. The standard InChI is InChI=1S/C17H16/c1-3-8-14(9-4-2)17-13-7-11-15-10-5-6-12-16(15)17/h3-13H,1H2,2H3/b9-4-,14-8+.